The van der Waals surface area contributed by atoms with Crippen LogP contribution in [0.15, 0.2) is 41.2 Å². The third-order valence-corrected chi connectivity index (χ3v) is 4.21. The van der Waals surface area contributed by atoms with Gasteiger partial charge in [-0.25, -0.2) is 4.98 Å². The number of carbonyl (C=O) groups is 1. The van der Waals surface area contributed by atoms with E-state index in [0.717, 1.165) is 16.6 Å². The molecule has 6 nitrogen and oxygen atoms in total. The Hall–Kier alpha value is -2.76. The van der Waals surface area contributed by atoms with Crippen molar-refractivity contribution in [3.8, 4) is 0 Å². The summed E-state index contributed by atoms with van der Waals surface area (Å²) in [5.41, 5.74) is 9.74. The van der Waals surface area contributed by atoms with E-state index in [9.17, 15) is 4.79 Å². The molecule has 0 aliphatic heterocycles. The Balaban J connectivity index is 1.77. The minimum absolute atomic E-state index is 0.0380. The number of nitrogens with two attached hydrogens (primary N) is 1. The molecule has 1 heterocycles. The first-order valence-electron chi connectivity index (χ1n) is 7.88. The number of fused-ring (bicyclic) bond motifs is 1. The van der Waals surface area contributed by atoms with Crippen molar-refractivity contribution in [2.24, 2.45) is 16.6 Å². The minimum atomic E-state index is -0.160. The number of aromatic nitrogens is 2. The summed E-state index contributed by atoms with van der Waals surface area (Å²) < 4.78 is 4.74. The smallest absolute Gasteiger partial charge is 0.308 e. The van der Waals surface area contributed by atoms with Crippen LogP contribution in [-0.4, -0.2) is 35.3 Å². The molecule has 0 saturated heterocycles. The minimum Gasteiger partial charge on any atom is -0.469 e. The quantitative estimate of drug-likeness (QED) is 0.688. The third-order valence-electron chi connectivity index (χ3n) is 4.21. The van der Waals surface area contributed by atoms with E-state index < -0.39 is 0 Å². The molecule has 24 heavy (non-hydrogen) atoms. The molecule has 1 saturated carbocycles. The standard InChI is InChI=1S/C18H20N4O2/c1-11(19)14(9-20-13-7-12(8-13)18(23)24-2)17-10-21-15-5-3-4-6-16(15)22-17/h3-6,9-10,12-13H,7-8,19H2,1-2H3. The number of rotatable bonds is 4. The van der Waals surface area contributed by atoms with Crippen molar-refractivity contribution < 1.29 is 9.53 Å². The molecule has 124 valence electrons. The van der Waals surface area contributed by atoms with E-state index in [1.807, 2.05) is 31.2 Å². The summed E-state index contributed by atoms with van der Waals surface area (Å²) in [6, 6.07) is 7.81. The van der Waals surface area contributed by atoms with Crippen LogP contribution in [0.2, 0.25) is 0 Å². The van der Waals surface area contributed by atoms with Gasteiger partial charge in [0.15, 0.2) is 0 Å². The Morgan fingerprint density at radius 2 is 2.04 bits per heavy atom. The molecule has 1 fully saturated rings. The second-order valence-electron chi connectivity index (χ2n) is 5.96. The average Bonchev–Trinajstić information content (AvgIpc) is 2.55. The highest BCUT2D eigenvalue weighted by molar-refractivity contribution is 6.10. The van der Waals surface area contributed by atoms with Gasteiger partial charge in [-0.05, 0) is 31.9 Å². The van der Waals surface area contributed by atoms with Crippen LogP contribution < -0.4 is 5.73 Å². The number of carbonyl (C=O) groups excluding carboxylic acids is 1. The van der Waals surface area contributed by atoms with E-state index in [0.29, 0.717) is 24.2 Å². The lowest BCUT2D eigenvalue weighted by atomic mass is 9.81. The topological polar surface area (TPSA) is 90.5 Å². The zero-order chi connectivity index (χ0) is 17.1. The Morgan fingerprint density at radius 3 is 2.71 bits per heavy atom. The maximum atomic E-state index is 11.4. The molecule has 2 aromatic rings. The fourth-order valence-corrected chi connectivity index (χ4v) is 2.71. The van der Waals surface area contributed by atoms with Crippen LogP contribution >= 0.6 is 0 Å². The van der Waals surface area contributed by atoms with Crippen LogP contribution in [0, 0.1) is 5.92 Å². The fraction of sp³-hybridized carbons (Fsp3) is 0.333. The van der Waals surface area contributed by atoms with E-state index in [-0.39, 0.29) is 17.9 Å². The molecule has 2 N–H and O–H groups in total. The highest BCUT2D eigenvalue weighted by Gasteiger charge is 2.34. The lowest BCUT2D eigenvalue weighted by Crippen LogP contribution is -2.34. The van der Waals surface area contributed by atoms with Crippen LogP contribution in [-0.2, 0) is 9.53 Å². The van der Waals surface area contributed by atoms with Crippen LogP contribution in [0.3, 0.4) is 0 Å². The second-order valence-corrected chi connectivity index (χ2v) is 5.96. The van der Waals surface area contributed by atoms with Crippen LogP contribution in [0.25, 0.3) is 16.6 Å². The molecule has 0 amide bonds. The number of hydrogen-bond donors (Lipinski definition) is 1. The molecule has 1 aromatic heterocycles. The zero-order valence-electron chi connectivity index (χ0n) is 13.8. The zero-order valence-corrected chi connectivity index (χ0v) is 13.8. The van der Waals surface area contributed by atoms with E-state index in [1.54, 1.807) is 12.4 Å². The predicted octanol–water partition coefficient (Wildman–Crippen LogP) is 2.34. The van der Waals surface area contributed by atoms with Gasteiger partial charge in [-0.3, -0.25) is 14.8 Å². The molecule has 1 aliphatic carbocycles. The van der Waals surface area contributed by atoms with Crippen LogP contribution in [0.1, 0.15) is 25.5 Å². The predicted molar refractivity (Wildman–Crippen MR) is 93.3 cm³/mol. The highest BCUT2D eigenvalue weighted by Crippen LogP contribution is 2.31. The normalized spacial score (nSPS) is 21.4. The van der Waals surface area contributed by atoms with E-state index in [2.05, 4.69) is 15.0 Å². The van der Waals surface area contributed by atoms with E-state index >= 15 is 0 Å². The Bertz CT molecular complexity index is 819. The lowest BCUT2D eigenvalue weighted by molar-refractivity contribution is -0.148. The fourth-order valence-electron chi connectivity index (χ4n) is 2.71. The van der Waals surface area contributed by atoms with Gasteiger partial charge in [-0.1, -0.05) is 12.1 Å². The van der Waals surface area contributed by atoms with Gasteiger partial charge in [0, 0.05) is 17.5 Å². The number of esters is 1. The Morgan fingerprint density at radius 1 is 1.33 bits per heavy atom. The molecule has 1 aliphatic rings. The molecule has 0 bridgehead atoms. The largest absolute Gasteiger partial charge is 0.469 e. The molecule has 0 spiro atoms. The van der Waals surface area contributed by atoms with Gasteiger partial charge in [0.2, 0.25) is 0 Å². The number of methoxy groups -OCH3 is 1. The number of benzene rings is 1. The van der Waals surface area contributed by atoms with E-state index in [1.165, 1.54) is 7.11 Å². The molecule has 0 unspecified atom stereocenters. The van der Waals surface area contributed by atoms with Crippen molar-refractivity contribution in [3.05, 3.63) is 41.9 Å². The summed E-state index contributed by atoms with van der Waals surface area (Å²) in [4.78, 5) is 25.0. The van der Waals surface area contributed by atoms with Crippen molar-refractivity contribution in [2.45, 2.75) is 25.8 Å². The first-order valence-corrected chi connectivity index (χ1v) is 7.88. The third kappa shape index (κ3) is 3.27. The summed E-state index contributed by atoms with van der Waals surface area (Å²) in [6.07, 6.45) is 4.87. The molecule has 1 aromatic carbocycles. The van der Waals surface area contributed by atoms with Crippen molar-refractivity contribution in [3.63, 3.8) is 0 Å². The first kappa shape index (κ1) is 16.1. The van der Waals surface area contributed by atoms with Crippen molar-refractivity contribution >= 4 is 28.8 Å². The molecule has 3 rings (SSSR count). The van der Waals surface area contributed by atoms with Gasteiger partial charge in [-0.2, -0.15) is 0 Å². The lowest BCUT2D eigenvalue weighted by Gasteiger charge is -2.30. The summed E-state index contributed by atoms with van der Waals surface area (Å²) in [5.74, 6) is -0.198. The van der Waals surface area contributed by atoms with Crippen molar-refractivity contribution in [2.75, 3.05) is 7.11 Å². The van der Waals surface area contributed by atoms with Crippen LogP contribution in [0.5, 0.6) is 0 Å². The monoisotopic (exact) mass is 324 g/mol. The SMILES string of the molecule is COC(=O)C1CC(N=CC(=C(C)N)c2cnc3ccccc3n2)C1. The maximum absolute atomic E-state index is 11.4. The van der Waals surface area contributed by atoms with Gasteiger partial charge in [0.1, 0.15) is 0 Å². The van der Waals surface area contributed by atoms with Gasteiger partial charge in [0.05, 0.1) is 42.0 Å². The Kier molecular flexibility index (Phi) is 4.55. The number of hydrogen-bond acceptors (Lipinski definition) is 6. The number of nitrogens with zero attached hydrogens (tertiary/aromatic N) is 3. The first-order chi connectivity index (χ1) is 11.6. The number of aliphatic imine (C=N–C) groups is 1. The average molecular weight is 324 g/mol. The second kappa shape index (κ2) is 6.78. The highest BCUT2D eigenvalue weighted by atomic mass is 16.5. The van der Waals surface area contributed by atoms with Crippen molar-refractivity contribution in [1.29, 1.82) is 0 Å². The number of allylic oxidation sites excluding steroid dienone is 2. The molecule has 0 atom stereocenters. The summed E-state index contributed by atoms with van der Waals surface area (Å²) >= 11 is 0. The van der Waals surface area contributed by atoms with Gasteiger partial charge >= 0.3 is 5.97 Å². The molecular formula is C18H20N4O2. The van der Waals surface area contributed by atoms with Crippen LogP contribution in [0.4, 0.5) is 0 Å². The molecule has 6 heteroatoms. The Labute approximate surface area is 140 Å². The van der Waals surface area contributed by atoms with Crippen molar-refractivity contribution in [1.82, 2.24) is 9.97 Å². The summed E-state index contributed by atoms with van der Waals surface area (Å²) in [6.45, 7) is 1.82. The molecule has 0 radical (unpaired) electrons. The maximum Gasteiger partial charge on any atom is 0.308 e. The van der Waals surface area contributed by atoms with Gasteiger partial charge in [-0.15, -0.1) is 0 Å². The van der Waals surface area contributed by atoms with E-state index in [4.69, 9.17) is 10.5 Å². The summed E-state index contributed by atoms with van der Waals surface area (Å²) in [7, 11) is 1.41. The number of ether oxygens (including phenoxy) is 1. The van der Waals surface area contributed by atoms with Gasteiger partial charge in [0.25, 0.3) is 0 Å². The summed E-state index contributed by atoms with van der Waals surface area (Å²) in [5, 5.41) is 0. The van der Waals surface area contributed by atoms with Gasteiger partial charge < -0.3 is 10.5 Å². The molecular weight excluding hydrogens is 304 g/mol. The number of para-hydroxylation sites is 2.